The van der Waals surface area contributed by atoms with Gasteiger partial charge in [-0.3, -0.25) is 0 Å². The molecular formula is C12H16O2. The van der Waals surface area contributed by atoms with Gasteiger partial charge in [0.05, 0.1) is 12.7 Å². The molecule has 0 saturated heterocycles. The highest BCUT2D eigenvalue weighted by Crippen LogP contribution is 2.13. The van der Waals surface area contributed by atoms with Crippen LogP contribution in [0.3, 0.4) is 0 Å². The molecule has 0 radical (unpaired) electrons. The number of esters is 1. The second-order valence-electron chi connectivity index (χ2n) is 3.38. The molecule has 0 N–H and O–H groups in total. The van der Waals surface area contributed by atoms with Crippen molar-refractivity contribution in [2.75, 3.05) is 7.11 Å². The van der Waals surface area contributed by atoms with Gasteiger partial charge in [-0.2, -0.15) is 0 Å². The largest absolute Gasteiger partial charge is 0.465 e. The van der Waals surface area contributed by atoms with Gasteiger partial charge in [0.25, 0.3) is 0 Å². The van der Waals surface area contributed by atoms with E-state index in [1.807, 2.05) is 12.1 Å². The van der Waals surface area contributed by atoms with Crippen LogP contribution in [0.5, 0.6) is 0 Å². The first kappa shape index (κ1) is 10.8. The molecule has 0 heterocycles. The number of methoxy groups -OCH3 is 1. The Morgan fingerprint density at radius 2 is 2.14 bits per heavy atom. The maximum absolute atomic E-state index is 11.3. The van der Waals surface area contributed by atoms with Crippen LogP contribution in [-0.2, 0) is 11.2 Å². The van der Waals surface area contributed by atoms with Crippen LogP contribution in [0.25, 0.3) is 0 Å². The summed E-state index contributed by atoms with van der Waals surface area (Å²) in [5, 5.41) is 0. The summed E-state index contributed by atoms with van der Waals surface area (Å²) >= 11 is 0. The Hall–Kier alpha value is -1.31. The molecule has 0 amide bonds. The zero-order chi connectivity index (χ0) is 10.6. The Bertz CT molecular complexity index is 329. The smallest absolute Gasteiger partial charge is 0.337 e. The monoisotopic (exact) mass is 192 g/mol. The average molecular weight is 192 g/mol. The molecule has 0 atom stereocenters. The highest BCUT2D eigenvalue weighted by atomic mass is 16.5. The van der Waals surface area contributed by atoms with Gasteiger partial charge in [0.15, 0.2) is 0 Å². The zero-order valence-electron chi connectivity index (χ0n) is 8.96. The maximum atomic E-state index is 11.3. The first-order chi connectivity index (χ1) is 6.69. The molecule has 0 spiro atoms. The van der Waals surface area contributed by atoms with Crippen molar-refractivity contribution in [1.29, 1.82) is 0 Å². The summed E-state index contributed by atoms with van der Waals surface area (Å²) in [5.41, 5.74) is 3.11. The minimum Gasteiger partial charge on any atom is -0.465 e. The van der Waals surface area contributed by atoms with Crippen LogP contribution >= 0.6 is 0 Å². The SMILES string of the molecule is CCCc1cc(C(=O)OC)ccc1C. The lowest BCUT2D eigenvalue weighted by atomic mass is 10.0. The van der Waals surface area contributed by atoms with Crippen LogP contribution in [-0.4, -0.2) is 13.1 Å². The van der Waals surface area contributed by atoms with Gasteiger partial charge in [-0.05, 0) is 36.6 Å². The standard InChI is InChI=1S/C12H16O2/c1-4-5-10-8-11(12(13)14-3)7-6-9(10)2/h6-8H,4-5H2,1-3H3. The van der Waals surface area contributed by atoms with E-state index < -0.39 is 0 Å². The van der Waals surface area contributed by atoms with Crippen LogP contribution in [0.1, 0.15) is 34.8 Å². The predicted octanol–water partition coefficient (Wildman–Crippen LogP) is 2.73. The number of hydrogen-bond donors (Lipinski definition) is 0. The molecule has 0 unspecified atom stereocenters. The molecule has 1 aromatic carbocycles. The first-order valence-corrected chi connectivity index (χ1v) is 4.87. The minimum absolute atomic E-state index is 0.262. The summed E-state index contributed by atoms with van der Waals surface area (Å²) in [7, 11) is 1.40. The Labute approximate surface area is 84.9 Å². The average Bonchev–Trinajstić information content (AvgIpc) is 2.20. The fourth-order valence-corrected chi connectivity index (χ4v) is 1.45. The Balaban J connectivity index is 2.99. The lowest BCUT2D eigenvalue weighted by Gasteiger charge is -2.06. The Kier molecular flexibility index (Phi) is 3.69. The summed E-state index contributed by atoms with van der Waals surface area (Å²) < 4.78 is 4.67. The van der Waals surface area contributed by atoms with Crippen molar-refractivity contribution < 1.29 is 9.53 Å². The van der Waals surface area contributed by atoms with E-state index in [1.165, 1.54) is 18.2 Å². The molecule has 2 nitrogen and oxygen atoms in total. The van der Waals surface area contributed by atoms with Gasteiger partial charge in [0, 0.05) is 0 Å². The molecular weight excluding hydrogens is 176 g/mol. The first-order valence-electron chi connectivity index (χ1n) is 4.87. The summed E-state index contributed by atoms with van der Waals surface area (Å²) in [5.74, 6) is -0.262. The summed E-state index contributed by atoms with van der Waals surface area (Å²) in [6.07, 6.45) is 2.10. The summed E-state index contributed by atoms with van der Waals surface area (Å²) in [6.45, 7) is 4.19. The van der Waals surface area contributed by atoms with E-state index in [-0.39, 0.29) is 5.97 Å². The third-order valence-electron chi connectivity index (χ3n) is 2.29. The van der Waals surface area contributed by atoms with Gasteiger partial charge in [0.1, 0.15) is 0 Å². The van der Waals surface area contributed by atoms with Crippen LogP contribution < -0.4 is 0 Å². The molecule has 0 aromatic heterocycles. The molecule has 1 rings (SSSR count). The van der Waals surface area contributed by atoms with Crippen molar-refractivity contribution in [2.24, 2.45) is 0 Å². The number of rotatable bonds is 3. The lowest BCUT2D eigenvalue weighted by Crippen LogP contribution is -2.02. The molecule has 0 aliphatic heterocycles. The van der Waals surface area contributed by atoms with Gasteiger partial charge in [-0.15, -0.1) is 0 Å². The minimum atomic E-state index is -0.262. The highest BCUT2D eigenvalue weighted by Gasteiger charge is 2.06. The van der Waals surface area contributed by atoms with E-state index in [9.17, 15) is 4.79 Å². The molecule has 14 heavy (non-hydrogen) atoms. The van der Waals surface area contributed by atoms with E-state index in [2.05, 4.69) is 18.6 Å². The maximum Gasteiger partial charge on any atom is 0.337 e. The zero-order valence-corrected chi connectivity index (χ0v) is 8.96. The second-order valence-corrected chi connectivity index (χ2v) is 3.38. The van der Waals surface area contributed by atoms with E-state index in [4.69, 9.17) is 0 Å². The van der Waals surface area contributed by atoms with Gasteiger partial charge >= 0.3 is 5.97 Å². The molecule has 76 valence electrons. The van der Waals surface area contributed by atoms with Gasteiger partial charge < -0.3 is 4.74 Å². The second kappa shape index (κ2) is 4.80. The Morgan fingerprint density at radius 3 is 2.71 bits per heavy atom. The van der Waals surface area contributed by atoms with E-state index in [0.717, 1.165) is 12.8 Å². The van der Waals surface area contributed by atoms with Crippen molar-refractivity contribution in [2.45, 2.75) is 26.7 Å². The van der Waals surface area contributed by atoms with Gasteiger partial charge in [0.2, 0.25) is 0 Å². The lowest BCUT2D eigenvalue weighted by molar-refractivity contribution is 0.0600. The molecule has 1 aromatic rings. The fraction of sp³-hybridized carbons (Fsp3) is 0.417. The molecule has 0 saturated carbocycles. The highest BCUT2D eigenvalue weighted by molar-refractivity contribution is 5.89. The predicted molar refractivity (Wildman–Crippen MR) is 56.5 cm³/mol. The third kappa shape index (κ3) is 2.34. The van der Waals surface area contributed by atoms with Crippen LogP contribution in [0.4, 0.5) is 0 Å². The van der Waals surface area contributed by atoms with Crippen molar-refractivity contribution in [3.05, 3.63) is 34.9 Å². The Morgan fingerprint density at radius 1 is 1.43 bits per heavy atom. The quantitative estimate of drug-likeness (QED) is 0.688. The molecule has 0 aliphatic carbocycles. The normalized spacial score (nSPS) is 9.93. The number of carbonyl (C=O) groups excluding carboxylic acids is 1. The third-order valence-corrected chi connectivity index (χ3v) is 2.29. The summed E-state index contributed by atoms with van der Waals surface area (Å²) in [4.78, 5) is 11.3. The van der Waals surface area contributed by atoms with E-state index in [1.54, 1.807) is 6.07 Å². The van der Waals surface area contributed by atoms with Crippen LogP contribution in [0.15, 0.2) is 18.2 Å². The van der Waals surface area contributed by atoms with Crippen molar-refractivity contribution in [3.63, 3.8) is 0 Å². The number of hydrogen-bond acceptors (Lipinski definition) is 2. The van der Waals surface area contributed by atoms with E-state index in [0.29, 0.717) is 5.56 Å². The van der Waals surface area contributed by atoms with Crippen molar-refractivity contribution in [3.8, 4) is 0 Å². The van der Waals surface area contributed by atoms with Crippen LogP contribution in [0, 0.1) is 6.92 Å². The molecule has 0 bridgehead atoms. The van der Waals surface area contributed by atoms with Gasteiger partial charge in [-0.1, -0.05) is 19.4 Å². The van der Waals surface area contributed by atoms with Crippen molar-refractivity contribution in [1.82, 2.24) is 0 Å². The van der Waals surface area contributed by atoms with Crippen molar-refractivity contribution >= 4 is 5.97 Å². The topological polar surface area (TPSA) is 26.3 Å². The number of aryl methyl sites for hydroxylation is 2. The molecule has 2 heteroatoms. The van der Waals surface area contributed by atoms with Crippen LogP contribution in [0.2, 0.25) is 0 Å². The summed E-state index contributed by atoms with van der Waals surface area (Å²) in [6, 6.07) is 5.70. The molecule has 0 fully saturated rings. The number of ether oxygens (including phenoxy) is 1. The number of carbonyl (C=O) groups is 1. The molecule has 0 aliphatic rings. The fourth-order valence-electron chi connectivity index (χ4n) is 1.45. The van der Waals surface area contributed by atoms with Gasteiger partial charge in [-0.25, -0.2) is 4.79 Å². The number of benzene rings is 1. The van der Waals surface area contributed by atoms with E-state index >= 15 is 0 Å².